The molecule has 2 fully saturated rings. The third kappa shape index (κ3) is 6.58. The Morgan fingerprint density at radius 2 is 1.78 bits per heavy atom. The van der Waals surface area contributed by atoms with Crippen LogP contribution >= 0.6 is 0 Å². The molecule has 2 aliphatic rings. The maximum atomic E-state index is 12.5. The lowest BCUT2D eigenvalue weighted by atomic mass is 9.87. The lowest BCUT2D eigenvalue weighted by Crippen LogP contribution is -2.71. The fourth-order valence-corrected chi connectivity index (χ4v) is 4.33. The van der Waals surface area contributed by atoms with Crippen LogP contribution in [0.4, 0.5) is 0 Å². The van der Waals surface area contributed by atoms with Gasteiger partial charge in [-0.15, -0.1) is 0 Å². The number of guanidine groups is 1. The van der Waals surface area contributed by atoms with Crippen LogP contribution in [0, 0.1) is 0 Å². The summed E-state index contributed by atoms with van der Waals surface area (Å²) >= 11 is 0. The lowest BCUT2D eigenvalue weighted by molar-refractivity contribution is -0.343. The van der Waals surface area contributed by atoms with E-state index in [-0.39, 0.29) is 0 Å². The lowest BCUT2D eigenvalue weighted by Gasteiger charge is -2.50. The highest BCUT2D eigenvalue weighted by atomic mass is 16.7. The zero-order valence-electron chi connectivity index (χ0n) is 20.3. The van der Waals surface area contributed by atoms with E-state index < -0.39 is 97.0 Å². The number of ether oxygens (including phenoxy) is 3. The highest BCUT2D eigenvalue weighted by Gasteiger charge is 2.59. The van der Waals surface area contributed by atoms with Crippen molar-refractivity contribution in [2.75, 3.05) is 0 Å². The summed E-state index contributed by atoms with van der Waals surface area (Å²) in [5.41, 5.74) is 10.8. The van der Waals surface area contributed by atoms with E-state index in [1.165, 1.54) is 13.8 Å². The van der Waals surface area contributed by atoms with Crippen LogP contribution in [0.5, 0.6) is 0 Å². The Labute approximate surface area is 206 Å². The minimum atomic E-state index is -2.70. The highest BCUT2D eigenvalue weighted by molar-refractivity contribution is 5.77. The molecule has 0 aromatic rings. The molecule has 0 radical (unpaired) electrons. The van der Waals surface area contributed by atoms with E-state index in [0.717, 1.165) is 13.8 Å². The van der Waals surface area contributed by atoms with Gasteiger partial charge in [0.2, 0.25) is 11.8 Å². The number of hydrogen-bond acceptors (Lipinski definition) is 11. The number of aliphatic hydroxyl groups is 4. The average Bonchev–Trinajstić information content (AvgIpc) is 2.73. The predicted octanol–water partition coefficient (Wildman–Crippen LogP) is -4.57. The normalized spacial score (nSPS) is 38.3. The zero-order valence-corrected chi connectivity index (χ0v) is 20.3. The maximum absolute atomic E-state index is 12.5. The second kappa shape index (κ2) is 11.6. The Morgan fingerprint density at radius 1 is 1.17 bits per heavy atom. The van der Waals surface area contributed by atoms with E-state index in [9.17, 15) is 39.9 Å². The molecule has 11 atom stereocenters. The minimum Gasteiger partial charge on any atom is -0.477 e. The van der Waals surface area contributed by atoms with Gasteiger partial charge in [-0.3, -0.25) is 9.59 Å². The summed E-state index contributed by atoms with van der Waals surface area (Å²) in [5.74, 6) is -6.19. The number of amides is 2. The average molecular weight is 522 g/mol. The SMILES string of the molecule is CC(=O)N[C@@H]1[C@@H]([C@@H](NC(C)=O)[C@@H](C)O)O[C@@](O[C@@H]2[C@H](O)[C@H](C)O[C@@H](O)[C@H]2N=C(N)N)(C(=O)O)C[C@H]1O. The molecule has 2 aliphatic heterocycles. The minimum absolute atomic E-state index is 0.518. The molecule has 16 heteroatoms. The molecule has 2 amide bonds. The van der Waals surface area contributed by atoms with Crippen molar-refractivity contribution in [1.29, 1.82) is 0 Å². The van der Waals surface area contributed by atoms with Crippen molar-refractivity contribution >= 4 is 23.7 Å². The van der Waals surface area contributed by atoms with Gasteiger partial charge in [0.25, 0.3) is 5.79 Å². The summed E-state index contributed by atoms with van der Waals surface area (Å²) in [7, 11) is 0. The van der Waals surface area contributed by atoms with Gasteiger partial charge >= 0.3 is 5.97 Å². The van der Waals surface area contributed by atoms with Crippen LogP contribution in [0.25, 0.3) is 0 Å². The van der Waals surface area contributed by atoms with Gasteiger partial charge in [-0.05, 0) is 13.8 Å². The Morgan fingerprint density at radius 3 is 2.25 bits per heavy atom. The number of nitrogens with two attached hydrogens (primary N) is 2. The fraction of sp³-hybridized carbons (Fsp3) is 0.800. The molecule has 2 rings (SSSR count). The monoisotopic (exact) mass is 521 g/mol. The standard InChI is InChI=1S/C20H35N5O11/c1-6(26)11(23-8(3)27)15-12(24-9(4)28)10(29)5-20(35-15,18(32)33)36-16-13(25-19(21)22)17(31)34-7(2)14(16)30/h6-7,10-17,26,29-31H,5H2,1-4H3,(H,23,27)(H,24,28)(H,32,33)(H4,21,22,25)/t6-,7+,10-,11+,12+,13+,14-,15-,16+,17-,20+/m1/s1. The topological polar surface area (TPSA) is 269 Å². The summed E-state index contributed by atoms with van der Waals surface area (Å²) in [6, 6.07) is -4.08. The molecule has 0 aromatic carbocycles. The van der Waals surface area contributed by atoms with Crippen LogP contribution in [-0.2, 0) is 28.6 Å². The number of carbonyl (C=O) groups excluding carboxylic acids is 2. The number of rotatable bonds is 8. The largest absolute Gasteiger partial charge is 0.477 e. The van der Waals surface area contributed by atoms with Crippen LogP contribution in [-0.4, -0.2) is 116 Å². The Balaban J connectivity index is 2.57. The predicted molar refractivity (Wildman–Crippen MR) is 120 cm³/mol. The van der Waals surface area contributed by atoms with Gasteiger partial charge in [-0.25, -0.2) is 9.79 Å². The smallest absolute Gasteiger partial charge is 0.364 e. The first-order valence-electron chi connectivity index (χ1n) is 11.2. The number of carbonyl (C=O) groups is 3. The molecule has 0 saturated carbocycles. The van der Waals surface area contributed by atoms with E-state index in [0.29, 0.717) is 0 Å². The van der Waals surface area contributed by atoms with Gasteiger partial charge in [0.1, 0.15) is 24.4 Å². The van der Waals surface area contributed by atoms with E-state index in [1.54, 1.807) is 0 Å². The molecule has 36 heavy (non-hydrogen) atoms. The summed E-state index contributed by atoms with van der Waals surface area (Å²) in [5, 5.41) is 57.3. The molecule has 11 N–H and O–H groups in total. The number of hydrogen-bond donors (Lipinski definition) is 9. The van der Waals surface area contributed by atoms with Crippen LogP contribution < -0.4 is 22.1 Å². The second-order valence-corrected chi connectivity index (χ2v) is 8.95. The van der Waals surface area contributed by atoms with E-state index >= 15 is 0 Å². The van der Waals surface area contributed by atoms with Crippen molar-refractivity contribution in [2.24, 2.45) is 16.5 Å². The van der Waals surface area contributed by atoms with Gasteiger partial charge < -0.3 is 61.8 Å². The van der Waals surface area contributed by atoms with Gasteiger partial charge in [0.05, 0.1) is 30.4 Å². The molecule has 206 valence electrons. The second-order valence-electron chi connectivity index (χ2n) is 8.95. The fourth-order valence-electron chi connectivity index (χ4n) is 4.33. The third-order valence-electron chi connectivity index (χ3n) is 5.94. The van der Waals surface area contributed by atoms with Gasteiger partial charge in [-0.2, -0.15) is 0 Å². The first-order chi connectivity index (χ1) is 16.6. The highest BCUT2D eigenvalue weighted by Crippen LogP contribution is 2.37. The van der Waals surface area contributed by atoms with Crippen LogP contribution in [0.15, 0.2) is 4.99 Å². The molecule has 0 spiro atoms. The van der Waals surface area contributed by atoms with Crippen molar-refractivity contribution in [3.63, 3.8) is 0 Å². The number of aliphatic imine (C=N–C) groups is 1. The number of aliphatic hydroxyl groups excluding tert-OH is 4. The number of nitrogens with one attached hydrogen (secondary N) is 2. The van der Waals surface area contributed by atoms with Crippen LogP contribution in [0.1, 0.15) is 34.1 Å². The van der Waals surface area contributed by atoms with E-state index in [1.807, 2.05) is 0 Å². The summed E-state index contributed by atoms with van der Waals surface area (Å²) in [4.78, 5) is 39.9. The molecule has 0 aliphatic carbocycles. The Kier molecular flexibility index (Phi) is 9.58. The zero-order chi connectivity index (χ0) is 27.5. The third-order valence-corrected chi connectivity index (χ3v) is 5.94. The van der Waals surface area contributed by atoms with Crippen molar-refractivity contribution < 1.29 is 54.1 Å². The van der Waals surface area contributed by atoms with Gasteiger partial charge in [0, 0.05) is 20.3 Å². The number of aliphatic carboxylic acids is 1. The molecule has 0 aromatic heterocycles. The van der Waals surface area contributed by atoms with Crippen molar-refractivity contribution in [3.8, 4) is 0 Å². The van der Waals surface area contributed by atoms with Crippen molar-refractivity contribution in [1.82, 2.24) is 10.6 Å². The number of carboxylic acids is 1. The Hall–Kier alpha value is -2.60. The van der Waals surface area contributed by atoms with E-state index in [4.69, 9.17) is 25.7 Å². The van der Waals surface area contributed by atoms with Gasteiger partial charge in [-0.1, -0.05) is 0 Å². The molecule has 0 unspecified atom stereocenters. The number of nitrogens with zero attached hydrogens (tertiary/aromatic N) is 1. The van der Waals surface area contributed by atoms with Crippen LogP contribution in [0.3, 0.4) is 0 Å². The summed E-state index contributed by atoms with van der Waals surface area (Å²) < 4.78 is 16.7. The summed E-state index contributed by atoms with van der Waals surface area (Å²) in [6.07, 6.45) is -11.2. The van der Waals surface area contributed by atoms with E-state index in [2.05, 4.69) is 15.6 Å². The quantitative estimate of drug-likeness (QED) is 0.108. The van der Waals surface area contributed by atoms with Gasteiger partial charge in [0.15, 0.2) is 12.2 Å². The van der Waals surface area contributed by atoms with Crippen LogP contribution in [0.2, 0.25) is 0 Å². The first kappa shape index (κ1) is 29.6. The summed E-state index contributed by atoms with van der Waals surface area (Å²) in [6.45, 7) is 4.96. The molecular weight excluding hydrogens is 486 g/mol. The van der Waals surface area contributed by atoms with Crippen molar-refractivity contribution in [2.45, 2.75) is 101 Å². The maximum Gasteiger partial charge on any atom is 0.364 e. The first-order valence-corrected chi connectivity index (χ1v) is 11.2. The van der Waals surface area contributed by atoms with Crippen molar-refractivity contribution in [3.05, 3.63) is 0 Å². The number of carboxylic acid groups (broad SMARTS) is 1. The Bertz CT molecular complexity index is 836. The molecule has 2 saturated heterocycles. The molecule has 2 heterocycles. The molecule has 0 bridgehead atoms. The molecule has 16 nitrogen and oxygen atoms in total. The molecular formula is C20H35N5O11.